The smallest absolute Gasteiger partial charge is 0.224 e. The lowest BCUT2D eigenvalue weighted by Gasteiger charge is -2.39. The van der Waals surface area contributed by atoms with Gasteiger partial charge in [-0.2, -0.15) is 0 Å². The zero-order valence-corrected chi connectivity index (χ0v) is 19.2. The number of benzene rings is 1. The van der Waals surface area contributed by atoms with E-state index in [9.17, 15) is 4.79 Å². The molecule has 0 saturated carbocycles. The first-order chi connectivity index (χ1) is 14.6. The first-order valence-electron chi connectivity index (χ1n) is 12.5. The molecule has 2 aliphatic heterocycles. The van der Waals surface area contributed by atoms with E-state index in [2.05, 4.69) is 41.9 Å². The van der Waals surface area contributed by atoms with E-state index in [1.54, 1.807) is 0 Å². The van der Waals surface area contributed by atoms with Crippen molar-refractivity contribution in [2.45, 2.75) is 96.6 Å². The molecule has 2 fully saturated rings. The van der Waals surface area contributed by atoms with Crippen molar-refractivity contribution in [1.82, 2.24) is 10.6 Å². The number of carbonyl (C=O) groups is 1. The predicted molar refractivity (Wildman–Crippen MR) is 127 cm³/mol. The highest BCUT2D eigenvalue weighted by Crippen LogP contribution is 2.27. The van der Waals surface area contributed by atoms with Crippen LogP contribution >= 0.6 is 0 Å². The molecule has 0 aliphatic carbocycles. The molecule has 1 amide bonds. The van der Waals surface area contributed by atoms with E-state index in [-0.39, 0.29) is 5.91 Å². The second kappa shape index (κ2) is 12.5. The number of unbranched alkanes of at least 4 members (excludes halogenated alkanes) is 3. The third-order valence-electron chi connectivity index (χ3n) is 7.14. The summed E-state index contributed by atoms with van der Waals surface area (Å²) in [7, 11) is 0. The lowest BCUT2D eigenvalue weighted by atomic mass is 9.81. The molecule has 2 aliphatic rings. The minimum atomic E-state index is 0.148. The standard InChI is InChI=1S/C26H43N3O/c1-3-21-10-12-23(13-11-21)29-26(30)9-7-5-4-6-8-22-15-17-28-25(19-22)24-18-20(2)14-16-27-24/h10-13,20,22,24-25,27-28H,3-9,14-19H2,1-2H3,(H,29,30). The zero-order chi connectivity index (χ0) is 21.2. The van der Waals surface area contributed by atoms with Crippen LogP contribution in [0.3, 0.4) is 0 Å². The Morgan fingerprint density at radius 2 is 1.67 bits per heavy atom. The van der Waals surface area contributed by atoms with Crippen LogP contribution in [-0.4, -0.2) is 31.1 Å². The molecule has 4 nitrogen and oxygen atoms in total. The first-order valence-corrected chi connectivity index (χ1v) is 12.5. The van der Waals surface area contributed by atoms with Gasteiger partial charge in [0.05, 0.1) is 0 Å². The SMILES string of the molecule is CCc1ccc(NC(=O)CCCCCCC2CCNC(C3CC(C)CCN3)C2)cc1. The largest absolute Gasteiger partial charge is 0.326 e. The van der Waals surface area contributed by atoms with Gasteiger partial charge >= 0.3 is 0 Å². The number of amides is 1. The lowest BCUT2D eigenvalue weighted by molar-refractivity contribution is -0.116. The van der Waals surface area contributed by atoms with Crippen molar-refractivity contribution in [3.63, 3.8) is 0 Å². The topological polar surface area (TPSA) is 53.2 Å². The summed E-state index contributed by atoms with van der Waals surface area (Å²) in [4.78, 5) is 12.1. The molecule has 2 saturated heterocycles. The summed E-state index contributed by atoms with van der Waals surface area (Å²) in [6.45, 7) is 6.91. The molecular weight excluding hydrogens is 370 g/mol. The molecule has 4 atom stereocenters. The van der Waals surface area contributed by atoms with Gasteiger partial charge in [-0.25, -0.2) is 0 Å². The summed E-state index contributed by atoms with van der Waals surface area (Å²) in [6.07, 6.45) is 13.1. The Balaban J connectivity index is 1.24. The molecule has 0 bridgehead atoms. The van der Waals surface area contributed by atoms with Crippen LogP contribution in [0.1, 0.15) is 83.6 Å². The highest BCUT2D eigenvalue weighted by molar-refractivity contribution is 5.90. The number of nitrogens with one attached hydrogen (secondary N) is 3. The highest BCUT2D eigenvalue weighted by Gasteiger charge is 2.30. The van der Waals surface area contributed by atoms with Gasteiger partial charge in [0.1, 0.15) is 0 Å². The van der Waals surface area contributed by atoms with Crippen molar-refractivity contribution in [1.29, 1.82) is 0 Å². The molecule has 30 heavy (non-hydrogen) atoms. The van der Waals surface area contributed by atoms with E-state index in [0.29, 0.717) is 18.5 Å². The van der Waals surface area contributed by atoms with E-state index in [1.165, 1.54) is 63.6 Å². The number of rotatable bonds is 10. The van der Waals surface area contributed by atoms with E-state index in [0.717, 1.165) is 36.8 Å². The minimum absolute atomic E-state index is 0.148. The van der Waals surface area contributed by atoms with E-state index >= 15 is 0 Å². The Morgan fingerprint density at radius 1 is 0.967 bits per heavy atom. The third-order valence-corrected chi connectivity index (χ3v) is 7.14. The highest BCUT2D eigenvalue weighted by atomic mass is 16.1. The monoisotopic (exact) mass is 413 g/mol. The number of aryl methyl sites for hydroxylation is 1. The molecule has 0 aromatic heterocycles. The molecule has 168 valence electrons. The Labute approximate surface area is 184 Å². The molecule has 4 heteroatoms. The molecule has 1 aromatic carbocycles. The van der Waals surface area contributed by atoms with Crippen LogP contribution in [0.15, 0.2) is 24.3 Å². The maximum atomic E-state index is 12.1. The lowest BCUT2D eigenvalue weighted by Crippen LogP contribution is -2.54. The van der Waals surface area contributed by atoms with Crippen LogP contribution in [0.5, 0.6) is 0 Å². The molecule has 3 rings (SSSR count). The quantitative estimate of drug-likeness (QED) is 0.457. The van der Waals surface area contributed by atoms with Gasteiger partial charge in [-0.05, 0) is 81.1 Å². The van der Waals surface area contributed by atoms with E-state index in [4.69, 9.17) is 0 Å². The Morgan fingerprint density at radius 3 is 2.40 bits per heavy atom. The number of anilines is 1. The van der Waals surface area contributed by atoms with Gasteiger partial charge < -0.3 is 16.0 Å². The van der Waals surface area contributed by atoms with Gasteiger partial charge in [-0.15, -0.1) is 0 Å². The van der Waals surface area contributed by atoms with Crippen molar-refractivity contribution in [2.24, 2.45) is 11.8 Å². The number of hydrogen-bond donors (Lipinski definition) is 3. The number of carbonyl (C=O) groups excluding carboxylic acids is 1. The van der Waals surface area contributed by atoms with Gasteiger partial charge in [0, 0.05) is 24.2 Å². The third kappa shape index (κ3) is 7.70. The molecule has 0 radical (unpaired) electrons. The van der Waals surface area contributed by atoms with E-state index in [1.807, 2.05) is 12.1 Å². The second-order valence-electron chi connectivity index (χ2n) is 9.69. The van der Waals surface area contributed by atoms with Crippen molar-refractivity contribution >= 4 is 11.6 Å². The summed E-state index contributed by atoms with van der Waals surface area (Å²) < 4.78 is 0. The van der Waals surface area contributed by atoms with Crippen molar-refractivity contribution in [2.75, 3.05) is 18.4 Å². The fourth-order valence-electron chi connectivity index (χ4n) is 5.18. The van der Waals surface area contributed by atoms with Crippen molar-refractivity contribution < 1.29 is 4.79 Å². The summed E-state index contributed by atoms with van der Waals surface area (Å²) in [6, 6.07) is 9.53. The van der Waals surface area contributed by atoms with Gasteiger partial charge in [0.2, 0.25) is 5.91 Å². The molecule has 1 aromatic rings. The summed E-state index contributed by atoms with van der Waals surface area (Å²) in [5.41, 5.74) is 2.22. The van der Waals surface area contributed by atoms with Crippen LogP contribution in [0.25, 0.3) is 0 Å². The minimum Gasteiger partial charge on any atom is -0.326 e. The summed E-state index contributed by atoms with van der Waals surface area (Å²) >= 11 is 0. The predicted octanol–water partition coefficient (Wildman–Crippen LogP) is 5.28. The summed E-state index contributed by atoms with van der Waals surface area (Å²) in [5, 5.41) is 10.6. The van der Waals surface area contributed by atoms with Crippen LogP contribution in [0.4, 0.5) is 5.69 Å². The molecule has 3 N–H and O–H groups in total. The average Bonchev–Trinajstić information content (AvgIpc) is 2.77. The van der Waals surface area contributed by atoms with E-state index < -0.39 is 0 Å². The average molecular weight is 414 g/mol. The van der Waals surface area contributed by atoms with Gasteiger partial charge in [0.25, 0.3) is 0 Å². The van der Waals surface area contributed by atoms with Gasteiger partial charge in [-0.3, -0.25) is 4.79 Å². The maximum Gasteiger partial charge on any atom is 0.224 e. The Bertz CT molecular complexity index is 630. The maximum absolute atomic E-state index is 12.1. The molecule has 4 unspecified atom stereocenters. The van der Waals surface area contributed by atoms with Crippen LogP contribution in [0.2, 0.25) is 0 Å². The molecule has 0 spiro atoms. The Kier molecular flexibility index (Phi) is 9.67. The van der Waals surface area contributed by atoms with Crippen LogP contribution in [0, 0.1) is 11.8 Å². The number of piperidine rings is 2. The number of hydrogen-bond acceptors (Lipinski definition) is 3. The van der Waals surface area contributed by atoms with Gasteiger partial charge in [-0.1, -0.05) is 51.7 Å². The van der Waals surface area contributed by atoms with Crippen LogP contribution < -0.4 is 16.0 Å². The molecule has 2 heterocycles. The fourth-order valence-corrected chi connectivity index (χ4v) is 5.18. The second-order valence-corrected chi connectivity index (χ2v) is 9.69. The van der Waals surface area contributed by atoms with Gasteiger partial charge in [0.15, 0.2) is 0 Å². The zero-order valence-electron chi connectivity index (χ0n) is 19.2. The molecular formula is C26H43N3O. The van der Waals surface area contributed by atoms with Crippen LogP contribution in [-0.2, 0) is 11.2 Å². The normalized spacial score (nSPS) is 27.0. The first kappa shape index (κ1) is 23.3. The van der Waals surface area contributed by atoms with Crippen molar-refractivity contribution in [3.05, 3.63) is 29.8 Å². The summed E-state index contributed by atoms with van der Waals surface area (Å²) in [5.74, 6) is 1.89. The fraction of sp³-hybridized carbons (Fsp3) is 0.731. The Hall–Kier alpha value is -1.39. The van der Waals surface area contributed by atoms with Crippen molar-refractivity contribution in [3.8, 4) is 0 Å².